The molecular formula is C23H30N2O2. The van der Waals surface area contributed by atoms with E-state index in [1.165, 1.54) is 47.5 Å². The first-order valence-corrected chi connectivity index (χ1v) is 9.58. The van der Waals surface area contributed by atoms with Crippen molar-refractivity contribution in [3.63, 3.8) is 0 Å². The SMILES string of the molecule is Cc1cc2c(cc1C(C)(C)c1ncc(C(=O)O)cn1)C(C)(C)CCC2(C)C. The first kappa shape index (κ1) is 19.5. The van der Waals surface area contributed by atoms with E-state index in [-0.39, 0.29) is 16.4 Å². The summed E-state index contributed by atoms with van der Waals surface area (Å²) >= 11 is 0. The van der Waals surface area contributed by atoms with Crippen molar-refractivity contribution in [1.29, 1.82) is 0 Å². The highest BCUT2D eigenvalue weighted by Gasteiger charge is 2.39. The number of aromatic nitrogens is 2. The fourth-order valence-corrected chi connectivity index (χ4v) is 4.28. The van der Waals surface area contributed by atoms with E-state index in [2.05, 4.69) is 70.6 Å². The van der Waals surface area contributed by atoms with Crippen molar-refractivity contribution in [1.82, 2.24) is 9.97 Å². The van der Waals surface area contributed by atoms with Crippen molar-refractivity contribution in [3.05, 3.63) is 58.2 Å². The lowest BCUT2D eigenvalue weighted by molar-refractivity contribution is 0.0695. The molecule has 27 heavy (non-hydrogen) atoms. The maximum atomic E-state index is 11.1. The Morgan fingerprint density at radius 3 is 1.96 bits per heavy atom. The number of hydrogen-bond donors (Lipinski definition) is 1. The van der Waals surface area contributed by atoms with Gasteiger partial charge in [-0.1, -0.05) is 39.8 Å². The van der Waals surface area contributed by atoms with Crippen molar-refractivity contribution < 1.29 is 9.90 Å². The average molecular weight is 367 g/mol. The van der Waals surface area contributed by atoms with E-state index in [0.29, 0.717) is 5.82 Å². The van der Waals surface area contributed by atoms with Crippen LogP contribution in [0.2, 0.25) is 0 Å². The number of benzene rings is 1. The molecule has 2 aromatic rings. The number of fused-ring (bicyclic) bond motifs is 1. The maximum Gasteiger partial charge on any atom is 0.338 e. The van der Waals surface area contributed by atoms with Gasteiger partial charge in [0.2, 0.25) is 0 Å². The van der Waals surface area contributed by atoms with Gasteiger partial charge in [-0.2, -0.15) is 0 Å². The molecule has 0 radical (unpaired) electrons. The molecule has 3 rings (SSSR count). The number of rotatable bonds is 3. The summed E-state index contributed by atoms with van der Waals surface area (Å²) in [4.78, 5) is 19.8. The van der Waals surface area contributed by atoms with Gasteiger partial charge in [-0.15, -0.1) is 0 Å². The number of carbonyl (C=O) groups is 1. The molecule has 1 heterocycles. The molecule has 1 aliphatic rings. The Balaban J connectivity index is 2.15. The summed E-state index contributed by atoms with van der Waals surface area (Å²) in [5.41, 5.74) is 5.31. The molecule has 0 fully saturated rings. The Morgan fingerprint density at radius 1 is 1.00 bits per heavy atom. The van der Waals surface area contributed by atoms with Gasteiger partial charge in [0.05, 0.1) is 5.56 Å². The number of aromatic carboxylic acids is 1. The molecule has 0 bridgehead atoms. The van der Waals surface area contributed by atoms with Crippen LogP contribution in [0, 0.1) is 6.92 Å². The minimum Gasteiger partial charge on any atom is -0.478 e. The molecule has 1 aromatic carbocycles. The van der Waals surface area contributed by atoms with Gasteiger partial charge in [0.1, 0.15) is 5.82 Å². The third kappa shape index (κ3) is 3.26. The molecule has 1 aliphatic carbocycles. The second-order valence-corrected chi connectivity index (χ2v) is 9.71. The lowest BCUT2D eigenvalue weighted by Crippen LogP contribution is -2.35. The molecule has 0 saturated carbocycles. The van der Waals surface area contributed by atoms with Crippen molar-refractivity contribution in [2.75, 3.05) is 0 Å². The smallest absolute Gasteiger partial charge is 0.338 e. The third-order valence-corrected chi connectivity index (χ3v) is 6.33. The number of carboxylic acids is 1. The fourth-order valence-electron chi connectivity index (χ4n) is 4.28. The number of aryl methyl sites for hydroxylation is 1. The van der Waals surface area contributed by atoms with E-state index in [4.69, 9.17) is 5.11 Å². The predicted molar refractivity (Wildman–Crippen MR) is 108 cm³/mol. The van der Waals surface area contributed by atoms with Crippen molar-refractivity contribution in [2.45, 2.75) is 77.6 Å². The van der Waals surface area contributed by atoms with Gasteiger partial charge in [0, 0.05) is 17.8 Å². The quantitative estimate of drug-likeness (QED) is 0.815. The topological polar surface area (TPSA) is 63.1 Å². The maximum absolute atomic E-state index is 11.1. The zero-order valence-electron chi connectivity index (χ0n) is 17.5. The van der Waals surface area contributed by atoms with E-state index in [1.54, 1.807) is 0 Å². The average Bonchev–Trinajstić information content (AvgIpc) is 2.58. The molecule has 0 atom stereocenters. The highest BCUT2D eigenvalue weighted by molar-refractivity contribution is 5.86. The number of nitrogens with zero attached hydrogens (tertiary/aromatic N) is 2. The molecular weight excluding hydrogens is 336 g/mol. The summed E-state index contributed by atoms with van der Waals surface area (Å²) in [7, 11) is 0. The predicted octanol–water partition coefficient (Wildman–Crippen LogP) is 5.16. The third-order valence-electron chi connectivity index (χ3n) is 6.33. The van der Waals surface area contributed by atoms with Crippen LogP contribution in [0.4, 0.5) is 0 Å². The van der Waals surface area contributed by atoms with Gasteiger partial charge >= 0.3 is 5.97 Å². The largest absolute Gasteiger partial charge is 0.478 e. The molecule has 0 unspecified atom stereocenters. The van der Waals surface area contributed by atoms with Crippen molar-refractivity contribution in [3.8, 4) is 0 Å². The van der Waals surface area contributed by atoms with Gasteiger partial charge in [-0.25, -0.2) is 14.8 Å². The highest BCUT2D eigenvalue weighted by Crippen LogP contribution is 2.48. The van der Waals surface area contributed by atoms with Crippen LogP contribution in [0.1, 0.15) is 92.8 Å². The second kappa shape index (κ2) is 6.15. The lowest BCUT2D eigenvalue weighted by atomic mass is 9.61. The zero-order valence-corrected chi connectivity index (χ0v) is 17.5. The Bertz CT molecular complexity index is 893. The minimum atomic E-state index is -1.01. The van der Waals surface area contributed by atoms with Crippen LogP contribution in [0.15, 0.2) is 24.5 Å². The number of hydrogen-bond acceptors (Lipinski definition) is 3. The Morgan fingerprint density at radius 2 is 1.48 bits per heavy atom. The summed E-state index contributed by atoms with van der Waals surface area (Å²) in [5.74, 6) is -0.364. The standard InChI is InChI=1S/C23H30N2O2/c1-14-10-17-18(22(4,5)9-8-21(17,2)3)11-16(14)23(6,7)20-24-12-15(13-25-20)19(26)27/h10-13H,8-9H2,1-7H3,(H,26,27). The Hall–Kier alpha value is -2.23. The van der Waals surface area contributed by atoms with E-state index in [9.17, 15) is 4.79 Å². The van der Waals surface area contributed by atoms with Crippen LogP contribution >= 0.6 is 0 Å². The summed E-state index contributed by atoms with van der Waals surface area (Å²) in [6.45, 7) is 15.7. The van der Waals surface area contributed by atoms with Gasteiger partial charge < -0.3 is 5.11 Å². The van der Waals surface area contributed by atoms with Crippen molar-refractivity contribution >= 4 is 5.97 Å². The van der Waals surface area contributed by atoms with Gasteiger partial charge in [-0.05, 0) is 66.7 Å². The Kier molecular flexibility index (Phi) is 4.45. The van der Waals surface area contributed by atoms with Crippen molar-refractivity contribution in [2.24, 2.45) is 0 Å². The minimum absolute atomic E-state index is 0.111. The van der Waals surface area contributed by atoms with Crippen LogP contribution in [-0.2, 0) is 16.2 Å². The molecule has 0 saturated heterocycles. The van der Waals surface area contributed by atoms with Gasteiger partial charge in [0.15, 0.2) is 0 Å². The van der Waals surface area contributed by atoms with E-state index >= 15 is 0 Å². The number of carboxylic acid groups (broad SMARTS) is 1. The summed E-state index contributed by atoms with van der Waals surface area (Å²) in [6, 6.07) is 4.69. The molecule has 1 N–H and O–H groups in total. The molecule has 4 heteroatoms. The van der Waals surface area contributed by atoms with E-state index < -0.39 is 11.4 Å². The zero-order chi connectivity index (χ0) is 20.2. The molecule has 0 amide bonds. The van der Waals surface area contributed by atoms with E-state index in [1.807, 2.05) is 0 Å². The van der Waals surface area contributed by atoms with Crippen LogP contribution in [0.25, 0.3) is 0 Å². The van der Waals surface area contributed by atoms with Gasteiger partial charge in [-0.3, -0.25) is 0 Å². The molecule has 0 aliphatic heterocycles. The first-order chi connectivity index (χ1) is 12.4. The van der Waals surface area contributed by atoms with Crippen LogP contribution in [-0.4, -0.2) is 21.0 Å². The summed E-state index contributed by atoms with van der Waals surface area (Å²) < 4.78 is 0. The second-order valence-electron chi connectivity index (χ2n) is 9.71. The lowest BCUT2D eigenvalue weighted by Gasteiger charge is -2.43. The van der Waals surface area contributed by atoms with E-state index in [0.717, 1.165) is 0 Å². The summed E-state index contributed by atoms with van der Waals surface area (Å²) in [6.07, 6.45) is 5.15. The summed E-state index contributed by atoms with van der Waals surface area (Å²) in [5, 5.41) is 9.10. The molecule has 1 aromatic heterocycles. The highest BCUT2D eigenvalue weighted by atomic mass is 16.4. The first-order valence-electron chi connectivity index (χ1n) is 9.58. The van der Waals surface area contributed by atoms with Crippen LogP contribution in [0.5, 0.6) is 0 Å². The fraction of sp³-hybridized carbons (Fsp3) is 0.522. The van der Waals surface area contributed by atoms with Gasteiger partial charge in [0.25, 0.3) is 0 Å². The Labute approximate surface area is 162 Å². The molecule has 144 valence electrons. The monoisotopic (exact) mass is 366 g/mol. The molecule has 4 nitrogen and oxygen atoms in total. The van der Waals surface area contributed by atoms with Crippen LogP contribution in [0.3, 0.4) is 0 Å². The van der Waals surface area contributed by atoms with Crippen LogP contribution < -0.4 is 0 Å². The molecule has 0 spiro atoms. The normalized spacial score (nSPS) is 18.0.